The smallest absolute Gasteiger partial charge is 0.166 e. The predicted octanol–water partition coefficient (Wildman–Crippen LogP) is 4.49. The summed E-state index contributed by atoms with van der Waals surface area (Å²) in [5, 5.41) is 11.5. The summed E-state index contributed by atoms with van der Waals surface area (Å²) >= 11 is 0. The largest absolute Gasteiger partial charge is 0.507 e. The first-order chi connectivity index (χ1) is 9.18. The zero-order chi connectivity index (χ0) is 13.4. The van der Waals surface area contributed by atoms with Crippen molar-refractivity contribution >= 4 is 10.8 Å². The fourth-order valence-corrected chi connectivity index (χ4v) is 2.24. The lowest BCUT2D eigenvalue weighted by Gasteiger charge is -2.10. The average molecular weight is 256 g/mol. The highest BCUT2D eigenvalue weighted by molar-refractivity contribution is 5.99. The highest BCUT2D eigenvalue weighted by atomic mass is 19.2. The zero-order valence-corrected chi connectivity index (χ0v) is 9.90. The third kappa shape index (κ3) is 1.83. The van der Waals surface area contributed by atoms with Gasteiger partial charge < -0.3 is 5.11 Å². The van der Waals surface area contributed by atoms with Crippen LogP contribution < -0.4 is 0 Å². The van der Waals surface area contributed by atoms with E-state index in [1.165, 1.54) is 18.2 Å². The fraction of sp³-hybridized carbons (Fsp3) is 0. The second-order valence-corrected chi connectivity index (χ2v) is 4.28. The van der Waals surface area contributed by atoms with E-state index >= 15 is 0 Å². The molecule has 94 valence electrons. The van der Waals surface area contributed by atoms with Crippen LogP contribution in [0.4, 0.5) is 8.78 Å². The standard InChI is InChI=1S/C16H10F2O/c17-13-7-3-6-12(16(13)18)15-11-5-2-1-4-10(11)8-9-14(15)19/h1-9,19H. The minimum Gasteiger partial charge on any atom is -0.507 e. The quantitative estimate of drug-likeness (QED) is 0.680. The van der Waals surface area contributed by atoms with Crippen LogP contribution >= 0.6 is 0 Å². The second kappa shape index (κ2) is 4.35. The van der Waals surface area contributed by atoms with Gasteiger partial charge in [-0.2, -0.15) is 0 Å². The average Bonchev–Trinajstić information content (AvgIpc) is 2.43. The number of phenols is 1. The Balaban J connectivity index is 2.42. The topological polar surface area (TPSA) is 20.2 Å². The Morgan fingerprint density at radius 1 is 0.789 bits per heavy atom. The Kier molecular flexibility index (Phi) is 2.67. The summed E-state index contributed by atoms with van der Waals surface area (Å²) in [6, 6.07) is 14.4. The van der Waals surface area contributed by atoms with Gasteiger partial charge in [-0.05, 0) is 22.9 Å². The summed E-state index contributed by atoms with van der Waals surface area (Å²) in [7, 11) is 0. The van der Waals surface area contributed by atoms with Gasteiger partial charge in [-0.15, -0.1) is 0 Å². The van der Waals surface area contributed by atoms with Gasteiger partial charge >= 0.3 is 0 Å². The monoisotopic (exact) mass is 256 g/mol. The summed E-state index contributed by atoms with van der Waals surface area (Å²) in [6.07, 6.45) is 0. The van der Waals surface area contributed by atoms with Gasteiger partial charge in [-0.25, -0.2) is 8.78 Å². The van der Waals surface area contributed by atoms with Crippen LogP contribution in [0.25, 0.3) is 21.9 Å². The molecule has 0 aliphatic rings. The van der Waals surface area contributed by atoms with E-state index in [9.17, 15) is 13.9 Å². The van der Waals surface area contributed by atoms with Crippen LogP contribution in [0.1, 0.15) is 0 Å². The first kappa shape index (κ1) is 11.7. The molecule has 1 N–H and O–H groups in total. The Bertz CT molecular complexity index is 766. The zero-order valence-electron chi connectivity index (χ0n) is 9.90. The lowest BCUT2D eigenvalue weighted by Crippen LogP contribution is -1.90. The van der Waals surface area contributed by atoms with Crippen molar-refractivity contribution < 1.29 is 13.9 Å². The fourth-order valence-electron chi connectivity index (χ4n) is 2.24. The molecule has 1 nitrogen and oxygen atoms in total. The number of benzene rings is 3. The molecule has 0 aliphatic carbocycles. The number of fused-ring (bicyclic) bond motifs is 1. The maximum absolute atomic E-state index is 13.9. The molecule has 0 spiro atoms. The molecule has 3 rings (SSSR count). The third-order valence-electron chi connectivity index (χ3n) is 3.13. The molecule has 0 bridgehead atoms. The van der Waals surface area contributed by atoms with E-state index < -0.39 is 11.6 Å². The second-order valence-electron chi connectivity index (χ2n) is 4.28. The Labute approximate surface area is 108 Å². The first-order valence-corrected chi connectivity index (χ1v) is 5.83. The lowest BCUT2D eigenvalue weighted by molar-refractivity contribution is 0.476. The summed E-state index contributed by atoms with van der Waals surface area (Å²) in [6.45, 7) is 0. The van der Waals surface area contributed by atoms with E-state index in [0.717, 1.165) is 11.5 Å². The molecule has 0 radical (unpaired) electrons. The molecular weight excluding hydrogens is 246 g/mol. The van der Waals surface area contributed by atoms with Crippen molar-refractivity contribution in [2.24, 2.45) is 0 Å². The van der Waals surface area contributed by atoms with Crippen molar-refractivity contribution in [3.63, 3.8) is 0 Å². The van der Waals surface area contributed by atoms with Crippen LogP contribution in [0.2, 0.25) is 0 Å². The number of halogens is 2. The SMILES string of the molecule is Oc1ccc2ccccc2c1-c1cccc(F)c1F. The molecule has 19 heavy (non-hydrogen) atoms. The van der Waals surface area contributed by atoms with Crippen LogP contribution in [0.15, 0.2) is 54.6 Å². The predicted molar refractivity (Wildman–Crippen MR) is 71.0 cm³/mol. The van der Waals surface area contributed by atoms with Gasteiger partial charge in [0.05, 0.1) is 0 Å². The molecule has 0 saturated heterocycles. The van der Waals surface area contributed by atoms with Crippen LogP contribution in [-0.4, -0.2) is 5.11 Å². The molecular formula is C16H10F2O. The van der Waals surface area contributed by atoms with E-state index in [0.29, 0.717) is 10.9 Å². The van der Waals surface area contributed by atoms with Crippen molar-refractivity contribution in [1.29, 1.82) is 0 Å². The Hall–Kier alpha value is -2.42. The number of rotatable bonds is 1. The van der Waals surface area contributed by atoms with Crippen LogP contribution in [0.5, 0.6) is 5.75 Å². The highest BCUT2D eigenvalue weighted by Crippen LogP contribution is 2.37. The Morgan fingerprint density at radius 3 is 2.42 bits per heavy atom. The van der Waals surface area contributed by atoms with Gasteiger partial charge in [0.25, 0.3) is 0 Å². The number of phenolic OH excluding ortho intramolecular Hbond substituents is 1. The van der Waals surface area contributed by atoms with Gasteiger partial charge in [0.15, 0.2) is 11.6 Å². The number of aromatic hydroxyl groups is 1. The molecule has 0 heterocycles. The van der Waals surface area contributed by atoms with Gasteiger partial charge in [0, 0.05) is 11.1 Å². The molecule has 0 amide bonds. The normalized spacial score (nSPS) is 10.8. The van der Waals surface area contributed by atoms with Crippen molar-refractivity contribution in [3.8, 4) is 16.9 Å². The molecule has 0 atom stereocenters. The van der Waals surface area contributed by atoms with Gasteiger partial charge in [-0.3, -0.25) is 0 Å². The maximum Gasteiger partial charge on any atom is 0.166 e. The van der Waals surface area contributed by atoms with Gasteiger partial charge in [0.2, 0.25) is 0 Å². The lowest BCUT2D eigenvalue weighted by atomic mass is 9.97. The van der Waals surface area contributed by atoms with Gasteiger partial charge in [0.1, 0.15) is 5.75 Å². The van der Waals surface area contributed by atoms with Crippen LogP contribution in [0, 0.1) is 11.6 Å². The molecule has 0 fully saturated rings. The van der Waals surface area contributed by atoms with E-state index in [4.69, 9.17) is 0 Å². The maximum atomic E-state index is 13.9. The molecule has 3 aromatic rings. The van der Waals surface area contributed by atoms with Gasteiger partial charge in [-0.1, -0.05) is 42.5 Å². The number of hydrogen-bond donors (Lipinski definition) is 1. The van der Waals surface area contributed by atoms with Crippen molar-refractivity contribution in [3.05, 3.63) is 66.2 Å². The molecule has 0 saturated carbocycles. The summed E-state index contributed by atoms with van der Waals surface area (Å²) < 4.78 is 27.2. The summed E-state index contributed by atoms with van der Waals surface area (Å²) in [5.74, 6) is -1.94. The van der Waals surface area contributed by atoms with E-state index in [2.05, 4.69) is 0 Å². The van der Waals surface area contributed by atoms with E-state index in [1.54, 1.807) is 18.2 Å². The molecule has 0 unspecified atom stereocenters. The van der Waals surface area contributed by atoms with Crippen molar-refractivity contribution in [2.45, 2.75) is 0 Å². The molecule has 3 heteroatoms. The van der Waals surface area contributed by atoms with Crippen molar-refractivity contribution in [1.82, 2.24) is 0 Å². The summed E-state index contributed by atoms with van der Waals surface area (Å²) in [5.41, 5.74) is 0.379. The van der Waals surface area contributed by atoms with Crippen molar-refractivity contribution in [2.75, 3.05) is 0 Å². The first-order valence-electron chi connectivity index (χ1n) is 5.83. The molecule has 0 aliphatic heterocycles. The number of hydrogen-bond acceptors (Lipinski definition) is 1. The van der Waals surface area contributed by atoms with Crippen LogP contribution in [-0.2, 0) is 0 Å². The van der Waals surface area contributed by atoms with E-state index in [-0.39, 0.29) is 11.3 Å². The molecule has 3 aromatic carbocycles. The molecule has 0 aromatic heterocycles. The highest BCUT2D eigenvalue weighted by Gasteiger charge is 2.15. The van der Waals surface area contributed by atoms with Crippen LogP contribution in [0.3, 0.4) is 0 Å². The Morgan fingerprint density at radius 2 is 1.58 bits per heavy atom. The summed E-state index contributed by atoms with van der Waals surface area (Å²) in [4.78, 5) is 0. The third-order valence-corrected chi connectivity index (χ3v) is 3.13. The minimum absolute atomic E-state index is 0.0642. The minimum atomic E-state index is -0.950. The van der Waals surface area contributed by atoms with E-state index in [1.807, 2.05) is 12.1 Å².